The molecule has 9 heteroatoms. The predicted octanol–water partition coefficient (Wildman–Crippen LogP) is 2.63. The summed E-state index contributed by atoms with van der Waals surface area (Å²) in [6, 6.07) is 3.81. The summed E-state index contributed by atoms with van der Waals surface area (Å²) in [6.45, 7) is -0.525. The number of pyridine rings is 1. The third kappa shape index (κ3) is 4.19. The van der Waals surface area contributed by atoms with Crippen LogP contribution in [0.5, 0.6) is 11.6 Å². The van der Waals surface area contributed by atoms with Crippen LogP contribution in [0.4, 0.5) is 8.78 Å². The van der Waals surface area contributed by atoms with E-state index in [1.807, 2.05) is 0 Å². The third-order valence-corrected chi connectivity index (χ3v) is 2.78. The summed E-state index contributed by atoms with van der Waals surface area (Å²) in [5.41, 5.74) is -0.00352. The molecule has 23 heavy (non-hydrogen) atoms. The fraction of sp³-hybridized carbons (Fsp3) is 0.143. The molecule has 0 aliphatic carbocycles. The van der Waals surface area contributed by atoms with Gasteiger partial charge in [-0.2, -0.15) is 0 Å². The minimum Gasteiger partial charge on any atom is -0.762 e. The highest BCUT2D eigenvalue weighted by atomic mass is 19.1. The molecule has 1 N–H and O–H groups in total. The molecule has 0 amide bonds. The summed E-state index contributed by atoms with van der Waals surface area (Å²) in [5, 5.41) is 19.1. The van der Waals surface area contributed by atoms with Crippen LogP contribution in [-0.4, -0.2) is 28.5 Å². The van der Waals surface area contributed by atoms with Crippen LogP contribution in [0.25, 0.3) is 0 Å². The first-order chi connectivity index (χ1) is 10.9. The summed E-state index contributed by atoms with van der Waals surface area (Å²) in [5.74, 6) is -2.98. The smallest absolute Gasteiger partial charge is 0.338 e. The first-order valence-corrected chi connectivity index (χ1v) is 6.24. The molecule has 0 bridgehead atoms. The topological polar surface area (TPSA) is 95.0 Å². The monoisotopic (exact) mass is 325 g/mol. The Hall–Kier alpha value is -2.62. The van der Waals surface area contributed by atoms with Crippen molar-refractivity contribution in [3.63, 3.8) is 0 Å². The molecule has 1 heterocycles. The van der Waals surface area contributed by atoms with Crippen molar-refractivity contribution in [1.29, 1.82) is 0 Å². The lowest BCUT2D eigenvalue weighted by Gasteiger charge is -2.20. The maximum atomic E-state index is 13.5. The normalized spacial score (nSPS) is 10.7. The molecule has 0 saturated heterocycles. The van der Waals surface area contributed by atoms with Gasteiger partial charge in [0.25, 0.3) is 0 Å². The van der Waals surface area contributed by atoms with Crippen LogP contribution in [0, 0.1) is 16.8 Å². The Balaban J connectivity index is 2.34. The number of carbonyl (C=O) groups is 1. The van der Waals surface area contributed by atoms with E-state index in [2.05, 4.69) is 9.72 Å². The molecular weight excluding hydrogens is 314 g/mol. The Morgan fingerprint density at radius 1 is 1.39 bits per heavy atom. The zero-order chi connectivity index (χ0) is 17.0. The van der Waals surface area contributed by atoms with Crippen LogP contribution in [0.2, 0.25) is 0 Å². The van der Waals surface area contributed by atoms with Crippen molar-refractivity contribution >= 4 is 5.97 Å². The van der Waals surface area contributed by atoms with E-state index in [-0.39, 0.29) is 28.0 Å². The standard InChI is InChI=1S/C14H11F2N2O5/c1-22-14(19)10-5-13(17-6-8(10)7-18(20)21)23-12-3-2-9(15)4-11(12)16/h2-6,20H,7H2,1H3/q-1. The molecule has 2 aromatic rings. The molecule has 0 spiro atoms. The zero-order valence-corrected chi connectivity index (χ0v) is 11.8. The Morgan fingerprint density at radius 3 is 2.74 bits per heavy atom. The minimum absolute atomic E-state index is 0.0845. The van der Waals surface area contributed by atoms with Gasteiger partial charge in [0.2, 0.25) is 5.88 Å². The quantitative estimate of drug-likeness (QED) is 0.667. The zero-order valence-electron chi connectivity index (χ0n) is 11.8. The molecule has 0 atom stereocenters. The van der Waals surface area contributed by atoms with Gasteiger partial charge in [0.1, 0.15) is 5.82 Å². The molecule has 0 radical (unpaired) electrons. The van der Waals surface area contributed by atoms with Gasteiger partial charge in [0.15, 0.2) is 11.6 Å². The van der Waals surface area contributed by atoms with E-state index >= 15 is 0 Å². The van der Waals surface area contributed by atoms with Crippen LogP contribution in [0.15, 0.2) is 30.5 Å². The number of esters is 1. The first-order valence-electron chi connectivity index (χ1n) is 6.24. The molecule has 122 valence electrons. The number of ether oxygens (including phenoxy) is 2. The van der Waals surface area contributed by atoms with E-state index in [1.54, 1.807) is 0 Å². The van der Waals surface area contributed by atoms with Gasteiger partial charge < -0.3 is 19.9 Å². The molecule has 0 aliphatic heterocycles. The van der Waals surface area contributed by atoms with Crippen LogP contribution in [-0.2, 0) is 11.3 Å². The number of methoxy groups -OCH3 is 1. The number of hydroxylamine groups is 2. The van der Waals surface area contributed by atoms with E-state index in [4.69, 9.17) is 9.94 Å². The van der Waals surface area contributed by atoms with Crippen molar-refractivity contribution in [2.45, 2.75) is 6.54 Å². The number of hydrogen-bond acceptors (Lipinski definition) is 7. The van der Waals surface area contributed by atoms with Crippen molar-refractivity contribution in [2.75, 3.05) is 7.11 Å². The van der Waals surface area contributed by atoms with Gasteiger partial charge in [-0.15, -0.1) is 0 Å². The van der Waals surface area contributed by atoms with Crippen molar-refractivity contribution in [1.82, 2.24) is 10.2 Å². The lowest BCUT2D eigenvalue weighted by Crippen LogP contribution is -2.14. The highest BCUT2D eigenvalue weighted by molar-refractivity contribution is 5.91. The van der Waals surface area contributed by atoms with Gasteiger partial charge in [0, 0.05) is 30.4 Å². The van der Waals surface area contributed by atoms with E-state index in [0.29, 0.717) is 6.07 Å². The number of hydrogen-bond donors (Lipinski definition) is 1. The Morgan fingerprint density at radius 2 is 2.13 bits per heavy atom. The lowest BCUT2D eigenvalue weighted by atomic mass is 10.1. The number of aromatic nitrogens is 1. The third-order valence-electron chi connectivity index (χ3n) is 2.78. The van der Waals surface area contributed by atoms with E-state index in [0.717, 1.165) is 31.5 Å². The maximum absolute atomic E-state index is 13.5. The van der Waals surface area contributed by atoms with E-state index < -0.39 is 24.1 Å². The van der Waals surface area contributed by atoms with Crippen LogP contribution in [0.1, 0.15) is 15.9 Å². The Labute approximate surface area is 129 Å². The summed E-state index contributed by atoms with van der Waals surface area (Å²) in [7, 11) is 1.13. The average Bonchev–Trinajstić information content (AvgIpc) is 2.50. The fourth-order valence-corrected chi connectivity index (χ4v) is 1.76. The summed E-state index contributed by atoms with van der Waals surface area (Å²) in [4.78, 5) is 15.5. The summed E-state index contributed by atoms with van der Waals surface area (Å²) < 4.78 is 36.1. The molecule has 1 aromatic carbocycles. The van der Waals surface area contributed by atoms with Crippen molar-refractivity contribution in [3.05, 3.63) is 58.4 Å². The molecule has 0 fully saturated rings. The molecule has 2 rings (SSSR count). The second kappa shape index (κ2) is 7.09. The Kier molecular flexibility index (Phi) is 5.16. The number of rotatable bonds is 5. The largest absolute Gasteiger partial charge is 0.762 e. The van der Waals surface area contributed by atoms with Gasteiger partial charge in [0.05, 0.1) is 12.7 Å². The van der Waals surface area contributed by atoms with Crippen LogP contribution in [0.3, 0.4) is 0 Å². The van der Waals surface area contributed by atoms with Gasteiger partial charge in [-0.25, -0.2) is 18.6 Å². The number of halogens is 2. The van der Waals surface area contributed by atoms with Crippen LogP contribution >= 0.6 is 0 Å². The average molecular weight is 325 g/mol. The number of carbonyl (C=O) groups excluding carboxylic acids is 1. The molecule has 1 aromatic heterocycles. The molecule has 0 aliphatic rings. The maximum Gasteiger partial charge on any atom is 0.338 e. The highest BCUT2D eigenvalue weighted by Gasteiger charge is 2.16. The Bertz CT molecular complexity index is 724. The highest BCUT2D eigenvalue weighted by Crippen LogP contribution is 2.25. The van der Waals surface area contributed by atoms with Crippen molar-refractivity contribution < 1.29 is 28.3 Å². The van der Waals surface area contributed by atoms with Crippen molar-refractivity contribution in [2.24, 2.45) is 0 Å². The van der Waals surface area contributed by atoms with E-state index in [9.17, 15) is 18.8 Å². The second-order valence-electron chi connectivity index (χ2n) is 4.36. The minimum atomic E-state index is -0.948. The fourth-order valence-electron chi connectivity index (χ4n) is 1.76. The number of benzene rings is 1. The predicted molar refractivity (Wildman–Crippen MR) is 72.7 cm³/mol. The van der Waals surface area contributed by atoms with Crippen molar-refractivity contribution in [3.8, 4) is 11.6 Å². The van der Waals surface area contributed by atoms with Crippen LogP contribution < -0.4 is 4.74 Å². The van der Waals surface area contributed by atoms with Gasteiger partial charge in [-0.05, 0) is 12.1 Å². The summed E-state index contributed by atoms with van der Waals surface area (Å²) in [6.07, 6.45) is 1.10. The molecule has 7 nitrogen and oxygen atoms in total. The first kappa shape index (κ1) is 16.7. The van der Waals surface area contributed by atoms with Gasteiger partial charge in [-0.3, -0.25) is 5.23 Å². The second-order valence-corrected chi connectivity index (χ2v) is 4.36. The molecular formula is C14H11F2N2O5-. The summed E-state index contributed by atoms with van der Waals surface area (Å²) >= 11 is 0. The lowest BCUT2D eigenvalue weighted by molar-refractivity contribution is -0.0490. The molecule has 0 unspecified atom stereocenters. The van der Waals surface area contributed by atoms with Gasteiger partial charge in [-0.1, -0.05) is 0 Å². The van der Waals surface area contributed by atoms with E-state index in [1.165, 1.54) is 0 Å². The number of nitrogens with zero attached hydrogens (tertiary/aromatic N) is 2. The molecule has 0 saturated carbocycles. The SMILES string of the molecule is COC(=O)c1cc(Oc2ccc(F)cc2F)ncc1CN([O-])O. The van der Waals surface area contributed by atoms with Gasteiger partial charge >= 0.3 is 5.97 Å².